The monoisotopic (exact) mass is 248 g/mol. The Balaban J connectivity index is 2.24. The Labute approximate surface area is 110 Å². The second-order valence-electron chi connectivity index (χ2n) is 4.18. The largest absolute Gasteiger partial charge is 0.300 e. The molecule has 3 aromatic rings. The fourth-order valence-corrected chi connectivity index (χ4v) is 2.03. The SMILES string of the molecule is O=c1cc(-c2ccccc2)n(-c2ccccc2)cn1. The Morgan fingerprint density at radius 3 is 2.16 bits per heavy atom. The highest BCUT2D eigenvalue weighted by atomic mass is 16.1. The Morgan fingerprint density at radius 2 is 1.47 bits per heavy atom. The van der Waals surface area contributed by atoms with Gasteiger partial charge in [-0.25, -0.2) is 0 Å². The number of nitrogens with zero attached hydrogens (tertiary/aromatic N) is 2. The molecule has 3 rings (SSSR count). The summed E-state index contributed by atoms with van der Waals surface area (Å²) in [6.07, 6.45) is 1.57. The van der Waals surface area contributed by atoms with Gasteiger partial charge in [0, 0.05) is 11.8 Å². The van der Waals surface area contributed by atoms with Gasteiger partial charge in [0.2, 0.25) is 0 Å². The molecule has 0 fully saturated rings. The standard InChI is InChI=1S/C16H12N2O/c19-16-11-15(13-7-3-1-4-8-13)18(12-17-16)14-9-5-2-6-10-14/h1-12H. The highest BCUT2D eigenvalue weighted by Gasteiger charge is 2.05. The molecule has 3 heteroatoms. The zero-order valence-corrected chi connectivity index (χ0v) is 10.2. The highest BCUT2D eigenvalue weighted by Crippen LogP contribution is 2.20. The van der Waals surface area contributed by atoms with Gasteiger partial charge < -0.3 is 4.57 Å². The first kappa shape index (κ1) is 11.4. The van der Waals surface area contributed by atoms with Gasteiger partial charge >= 0.3 is 0 Å². The van der Waals surface area contributed by atoms with Crippen LogP contribution in [-0.2, 0) is 0 Å². The van der Waals surface area contributed by atoms with Crippen molar-refractivity contribution in [1.82, 2.24) is 9.55 Å². The molecule has 0 N–H and O–H groups in total. The number of aromatic nitrogens is 2. The van der Waals surface area contributed by atoms with Crippen LogP contribution in [0.25, 0.3) is 16.9 Å². The van der Waals surface area contributed by atoms with Crippen molar-refractivity contribution in [3.63, 3.8) is 0 Å². The Morgan fingerprint density at radius 1 is 0.842 bits per heavy atom. The molecule has 0 aliphatic carbocycles. The number of hydrogen-bond donors (Lipinski definition) is 0. The average molecular weight is 248 g/mol. The normalized spacial score (nSPS) is 10.3. The summed E-state index contributed by atoms with van der Waals surface area (Å²) in [6, 6.07) is 21.2. The van der Waals surface area contributed by atoms with Gasteiger partial charge in [0.15, 0.2) is 0 Å². The van der Waals surface area contributed by atoms with E-state index in [1.165, 1.54) is 0 Å². The van der Waals surface area contributed by atoms with E-state index in [0.29, 0.717) is 0 Å². The van der Waals surface area contributed by atoms with E-state index in [2.05, 4.69) is 4.98 Å². The van der Waals surface area contributed by atoms with Crippen LogP contribution in [-0.4, -0.2) is 9.55 Å². The summed E-state index contributed by atoms with van der Waals surface area (Å²) in [6.45, 7) is 0. The van der Waals surface area contributed by atoms with Crippen molar-refractivity contribution in [1.29, 1.82) is 0 Å². The minimum absolute atomic E-state index is 0.231. The smallest absolute Gasteiger partial charge is 0.273 e. The molecule has 19 heavy (non-hydrogen) atoms. The predicted molar refractivity (Wildman–Crippen MR) is 75.3 cm³/mol. The van der Waals surface area contributed by atoms with E-state index in [0.717, 1.165) is 16.9 Å². The van der Waals surface area contributed by atoms with Crippen molar-refractivity contribution >= 4 is 0 Å². The summed E-state index contributed by atoms with van der Waals surface area (Å²) in [5, 5.41) is 0. The van der Waals surface area contributed by atoms with E-state index in [1.807, 2.05) is 65.2 Å². The molecule has 0 saturated heterocycles. The van der Waals surface area contributed by atoms with E-state index < -0.39 is 0 Å². The van der Waals surface area contributed by atoms with Crippen LogP contribution in [0.1, 0.15) is 0 Å². The van der Waals surface area contributed by atoms with E-state index >= 15 is 0 Å². The second-order valence-corrected chi connectivity index (χ2v) is 4.18. The van der Waals surface area contributed by atoms with E-state index in [1.54, 1.807) is 12.4 Å². The maximum atomic E-state index is 11.5. The lowest BCUT2D eigenvalue weighted by atomic mass is 10.1. The lowest BCUT2D eigenvalue weighted by molar-refractivity contribution is 0.971. The first-order valence-electron chi connectivity index (χ1n) is 6.04. The minimum Gasteiger partial charge on any atom is -0.300 e. The molecular weight excluding hydrogens is 236 g/mol. The molecular formula is C16H12N2O. The van der Waals surface area contributed by atoms with Gasteiger partial charge in [-0.15, -0.1) is 0 Å². The molecule has 92 valence electrons. The van der Waals surface area contributed by atoms with Gasteiger partial charge in [-0.2, -0.15) is 4.98 Å². The van der Waals surface area contributed by atoms with Crippen LogP contribution in [0.4, 0.5) is 0 Å². The molecule has 3 nitrogen and oxygen atoms in total. The summed E-state index contributed by atoms with van der Waals surface area (Å²) in [5.74, 6) is 0. The average Bonchev–Trinajstić information content (AvgIpc) is 2.49. The molecule has 0 saturated carbocycles. The maximum absolute atomic E-state index is 11.5. The third kappa shape index (κ3) is 2.31. The van der Waals surface area contributed by atoms with Crippen molar-refractivity contribution in [3.05, 3.63) is 83.4 Å². The molecule has 2 aromatic carbocycles. The van der Waals surface area contributed by atoms with Crippen molar-refractivity contribution in [3.8, 4) is 16.9 Å². The molecule has 0 amide bonds. The molecule has 0 aliphatic rings. The number of para-hydroxylation sites is 1. The van der Waals surface area contributed by atoms with Gasteiger partial charge in [0.05, 0.1) is 5.69 Å². The van der Waals surface area contributed by atoms with Gasteiger partial charge in [0.25, 0.3) is 5.56 Å². The number of benzene rings is 2. The lowest BCUT2D eigenvalue weighted by Crippen LogP contribution is -2.11. The molecule has 0 aliphatic heterocycles. The van der Waals surface area contributed by atoms with Gasteiger partial charge in [-0.05, 0) is 17.7 Å². The summed E-state index contributed by atoms with van der Waals surface area (Å²) in [4.78, 5) is 15.4. The van der Waals surface area contributed by atoms with Gasteiger partial charge in [0.1, 0.15) is 6.33 Å². The summed E-state index contributed by atoms with van der Waals surface area (Å²) in [5.41, 5.74) is 2.58. The van der Waals surface area contributed by atoms with Gasteiger partial charge in [-0.3, -0.25) is 4.79 Å². The third-order valence-corrected chi connectivity index (χ3v) is 2.92. The summed E-state index contributed by atoms with van der Waals surface area (Å²) >= 11 is 0. The zero-order valence-electron chi connectivity index (χ0n) is 10.2. The van der Waals surface area contributed by atoms with Crippen LogP contribution in [0.5, 0.6) is 0 Å². The first-order chi connectivity index (χ1) is 9.34. The van der Waals surface area contributed by atoms with Crippen molar-refractivity contribution in [2.45, 2.75) is 0 Å². The molecule has 0 atom stereocenters. The van der Waals surface area contributed by atoms with Crippen molar-refractivity contribution in [2.24, 2.45) is 0 Å². The number of hydrogen-bond acceptors (Lipinski definition) is 2. The van der Waals surface area contributed by atoms with Crippen LogP contribution in [0.15, 0.2) is 77.9 Å². The molecule has 0 bridgehead atoms. The Bertz CT molecular complexity index is 733. The topological polar surface area (TPSA) is 34.9 Å². The maximum Gasteiger partial charge on any atom is 0.273 e. The fourth-order valence-electron chi connectivity index (χ4n) is 2.03. The van der Waals surface area contributed by atoms with Crippen LogP contribution < -0.4 is 5.56 Å². The van der Waals surface area contributed by atoms with Crippen molar-refractivity contribution in [2.75, 3.05) is 0 Å². The first-order valence-corrected chi connectivity index (χ1v) is 6.04. The molecule has 0 spiro atoms. The summed E-state index contributed by atoms with van der Waals surface area (Å²) in [7, 11) is 0. The summed E-state index contributed by atoms with van der Waals surface area (Å²) < 4.78 is 1.91. The number of rotatable bonds is 2. The predicted octanol–water partition coefficient (Wildman–Crippen LogP) is 2.90. The molecule has 1 aromatic heterocycles. The van der Waals surface area contributed by atoms with Crippen LogP contribution in [0, 0.1) is 0 Å². The van der Waals surface area contributed by atoms with Crippen LogP contribution >= 0.6 is 0 Å². The van der Waals surface area contributed by atoms with Gasteiger partial charge in [-0.1, -0.05) is 48.5 Å². The minimum atomic E-state index is -0.231. The van der Waals surface area contributed by atoms with E-state index in [4.69, 9.17) is 0 Å². The Hall–Kier alpha value is -2.68. The van der Waals surface area contributed by atoms with Crippen LogP contribution in [0.3, 0.4) is 0 Å². The molecule has 0 radical (unpaired) electrons. The lowest BCUT2D eigenvalue weighted by Gasteiger charge is -2.12. The van der Waals surface area contributed by atoms with E-state index in [9.17, 15) is 4.79 Å². The molecule has 1 heterocycles. The third-order valence-electron chi connectivity index (χ3n) is 2.92. The van der Waals surface area contributed by atoms with Crippen molar-refractivity contribution < 1.29 is 0 Å². The van der Waals surface area contributed by atoms with E-state index in [-0.39, 0.29) is 5.56 Å². The highest BCUT2D eigenvalue weighted by molar-refractivity contribution is 5.61. The fraction of sp³-hybridized carbons (Fsp3) is 0. The molecule has 0 unspecified atom stereocenters. The zero-order chi connectivity index (χ0) is 13.1. The van der Waals surface area contributed by atoms with Crippen LogP contribution in [0.2, 0.25) is 0 Å². The Kier molecular flexibility index (Phi) is 2.94. The quantitative estimate of drug-likeness (QED) is 0.699. The second kappa shape index (κ2) is 4.90.